The molecule has 68 heavy (non-hydrogen) atoms. The van der Waals surface area contributed by atoms with Gasteiger partial charge in [0.25, 0.3) is 0 Å². The van der Waals surface area contributed by atoms with Crippen molar-refractivity contribution in [1.29, 1.82) is 0 Å². The number of carbonyl (C=O) groups is 8. The number of rotatable bonds is 9. The predicted octanol–water partition coefficient (Wildman–Crippen LogP) is -0.437. The Kier molecular flexibility index (Phi) is 16.3. The zero-order chi connectivity index (χ0) is 48.2. The summed E-state index contributed by atoms with van der Waals surface area (Å²) in [7, 11) is 0. The first-order valence-electron chi connectivity index (χ1n) is 23.1. The lowest BCUT2D eigenvalue weighted by molar-refractivity contribution is -0.148. The van der Waals surface area contributed by atoms with Crippen molar-refractivity contribution in [1.82, 2.24) is 51.7 Å². The van der Waals surface area contributed by atoms with Gasteiger partial charge in [-0.15, -0.1) is 0 Å². The first-order valence-corrected chi connectivity index (χ1v) is 23.1. The highest BCUT2D eigenvalue weighted by molar-refractivity contribution is 5.99. The van der Waals surface area contributed by atoms with Gasteiger partial charge in [-0.3, -0.25) is 38.4 Å². The third-order valence-corrected chi connectivity index (χ3v) is 12.6. The van der Waals surface area contributed by atoms with Crippen LogP contribution in [0.15, 0.2) is 104 Å². The van der Waals surface area contributed by atoms with E-state index in [1.54, 1.807) is 72.8 Å². The molecule has 3 aromatic carbocycles. The van der Waals surface area contributed by atoms with E-state index < -0.39 is 95.6 Å². The minimum Gasteiger partial charge on any atom is -0.348 e. The topological polar surface area (TPSA) is 270 Å². The standard InChI is InChI=1S/C49H59N11O8/c1-30-42(61)57-38(25-33-17-9-4-10-18-33)48(67)60-22-12-20-41(60)49(68)59-21-11-19-40(59)47(66)56-37(26-34-28-51-29-52-34)45(64)55-35(23-31-13-5-2-6-14-31)43(62)54-36(24-32-15-7-3-8-16-32)44(63)58-39(27-50)46(65)53-30/h2-10,13-18,28-30,35-41H,11-12,19-27,50H2,1H3,(H,51,52)(H,53,65)(H,54,62)(H,55,64)(H,56,66)(H,57,61)(H,58,63)/t30-,35-,36-,37-,38-,39-,40-,41+/m0/s1. The zero-order valence-electron chi connectivity index (χ0n) is 37.9. The molecule has 8 amide bonds. The van der Waals surface area contributed by atoms with Crippen LogP contribution in [-0.2, 0) is 64.0 Å². The molecule has 1 aromatic heterocycles. The number of carbonyl (C=O) groups excluding carboxylic acids is 8. The maximum absolute atomic E-state index is 14.6. The van der Waals surface area contributed by atoms with Gasteiger partial charge in [-0.1, -0.05) is 91.0 Å². The quantitative estimate of drug-likeness (QED) is 0.107. The summed E-state index contributed by atoms with van der Waals surface area (Å²) in [6.45, 7) is 1.50. The average molecular weight is 930 g/mol. The lowest BCUT2D eigenvalue weighted by atomic mass is 10.0. The van der Waals surface area contributed by atoms with E-state index in [2.05, 4.69) is 41.9 Å². The van der Waals surface area contributed by atoms with E-state index in [4.69, 9.17) is 5.73 Å². The van der Waals surface area contributed by atoms with Crippen molar-refractivity contribution in [3.8, 4) is 0 Å². The van der Waals surface area contributed by atoms with Gasteiger partial charge in [0.05, 0.1) is 6.33 Å². The number of imidazole rings is 1. The summed E-state index contributed by atoms with van der Waals surface area (Å²) in [5.74, 6) is -5.24. The van der Waals surface area contributed by atoms with Gasteiger partial charge in [0, 0.05) is 57.2 Å². The molecule has 3 fully saturated rings. The molecule has 0 spiro atoms. The fourth-order valence-corrected chi connectivity index (χ4v) is 8.97. The van der Waals surface area contributed by atoms with Gasteiger partial charge in [0.15, 0.2) is 0 Å². The Balaban J connectivity index is 1.24. The fourth-order valence-electron chi connectivity index (χ4n) is 8.97. The third kappa shape index (κ3) is 12.3. The molecule has 358 valence electrons. The summed E-state index contributed by atoms with van der Waals surface area (Å²) >= 11 is 0. The summed E-state index contributed by atoms with van der Waals surface area (Å²) in [4.78, 5) is 124. The first-order chi connectivity index (χ1) is 32.9. The zero-order valence-corrected chi connectivity index (χ0v) is 37.9. The Labute approximate surface area is 394 Å². The van der Waals surface area contributed by atoms with E-state index in [0.717, 1.165) is 5.56 Å². The van der Waals surface area contributed by atoms with Gasteiger partial charge in [0.2, 0.25) is 47.3 Å². The molecule has 0 aliphatic carbocycles. The SMILES string of the molecule is C[C@@H]1NC(=O)[C@H](CN)NC(=O)[C@H](Cc2ccccc2)NC(=O)[C@H](Cc2ccccc2)NC(=O)[C@H](Cc2cnc[nH]2)NC(=O)[C@@H]2CCCN2C(=O)[C@H]2CCCN2C(=O)[C@H](Cc2ccccc2)NC1=O. The summed E-state index contributed by atoms with van der Waals surface area (Å²) < 4.78 is 0. The smallest absolute Gasteiger partial charge is 0.246 e. The van der Waals surface area contributed by atoms with Crippen LogP contribution >= 0.6 is 0 Å². The van der Waals surface area contributed by atoms with Crippen molar-refractivity contribution in [2.45, 2.75) is 107 Å². The van der Waals surface area contributed by atoms with Gasteiger partial charge in [-0.2, -0.15) is 0 Å². The highest BCUT2D eigenvalue weighted by Gasteiger charge is 2.44. The Hall–Kier alpha value is -7.41. The van der Waals surface area contributed by atoms with Crippen LogP contribution in [0.1, 0.15) is 55.0 Å². The lowest BCUT2D eigenvalue weighted by Crippen LogP contribution is -2.62. The molecule has 3 aliphatic heterocycles. The van der Waals surface area contributed by atoms with E-state index in [9.17, 15) is 38.4 Å². The molecular formula is C49H59N11O8. The molecular weight excluding hydrogens is 871 g/mol. The normalized spacial score (nSPS) is 26.0. The minimum atomic E-state index is -1.36. The van der Waals surface area contributed by atoms with Crippen molar-refractivity contribution >= 4 is 47.3 Å². The molecule has 9 N–H and O–H groups in total. The van der Waals surface area contributed by atoms with Gasteiger partial charge < -0.3 is 52.4 Å². The average Bonchev–Trinajstić information content (AvgIpc) is 4.16. The van der Waals surface area contributed by atoms with Crippen molar-refractivity contribution in [3.63, 3.8) is 0 Å². The number of fused-ring (bicyclic) bond motifs is 2. The van der Waals surface area contributed by atoms with Crippen molar-refractivity contribution in [3.05, 3.63) is 126 Å². The molecule has 19 heteroatoms. The summed E-state index contributed by atoms with van der Waals surface area (Å²) in [5.41, 5.74) is 8.65. The number of H-pyrrole nitrogens is 1. The van der Waals surface area contributed by atoms with Crippen molar-refractivity contribution in [2.75, 3.05) is 19.6 Å². The van der Waals surface area contributed by atoms with Crippen LogP contribution in [0, 0.1) is 0 Å². The van der Waals surface area contributed by atoms with Crippen LogP contribution < -0.4 is 37.6 Å². The number of amides is 8. The number of aromatic nitrogens is 2. The molecule has 0 radical (unpaired) electrons. The number of benzene rings is 3. The molecule has 4 heterocycles. The summed E-state index contributed by atoms with van der Waals surface area (Å²) in [6, 6.07) is 17.3. The van der Waals surface area contributed by atoms with Gasteiger partial charge in [0.1, 0.15) is 48.3 Å². The molecule has 19 nitrogen and oxygen atoms in total. The number of hydrogen-bond donors (Lipinski definition) is 8. The molecule has 0 saturated carbocycles. The van der Waals surface area contributed by atoms with Crippen LogP contribution in [0.25, 0.3) is 0 Å². The number of nitrogens with two attached hydrogens (primary N) is 1. The number of nitrogens with zero attached hydrogens (tertiary/aromatic N) is 3. The van der Waals surface area contributed by atoms with E-state index in [1.165, 1.54) is 29.2 Å². The van der Waals surface area contributed by atoms with Gasteiger partial charge in [-0.25, -0.2) is 4.98 Å². The maximum Gasteiger partial charge on any atom is 0.246 e. The third-order valence-electron chi connectivity index (χ3n) is 12.6. The molecule has 4 aromatic rings. The predicted molar refractivity (Wildman–Crippen MR) is 249 cm³/mol. The second-order valence-corrected chi connectivity index (χ2v) is 17.5. The van der Waals surface area contributed by atoms with Crippen LogP contribution in [0.3, 0.4) is 0 Å². The van der Waals surface area contributed by atoms with Crippen LogP contribution in [0.4, 0.5) is 0 Å². The fraction of sp³-hybridized carbons (Fsp3) is 0.408. The maximum atomic E-state index is 14.6. The monoisotopic (exact) mass is 929 g/mol. The largest absolute Gasteiger partial charge is 0.348 e. The Morgan fingerprint density at radius 3 is 1.43 bits per heavy atom. The van der Waals surface area contributed by atoms with Crippen molar-refractivity contribution in [2.24, 2.45) is 5.73 Å². The van der Waals surface area contributed by atoms with Crippen LogP contribution in [0.5, 0.6) is 0 Å². The van der Waals surface area contributed by atoms with Crippen LogP contribution in [0.2, 0.25) is 0 Å². The van der Waals surface area contributed by atoms with Gasteiger partial charge in [-0.05, 0) is 49.3 Å². The second kappa shape index (κ2) is 22.9. The number of aromatic amines is 1. The Morgan fingerprint density at radius 1 is 0.500 bits per heavy atom. The lowest BCUT2D eigenvalue weighted by Gasteiger charge is -2.33. The number of hydrogen-bond acceptors (Lipinski definition) is 10. The summed E-state index contributed by atoms with van der Waals surface area (Å²) in [6.07, 6.45) is 4.51. The molecule has 7 rings (SSSR count). The van der Waals surface area contributed by atoms with Crippen molar-refractivity contribution < 1.29 is 38.4 Å². The van der Waals surface area contributed by atoms with E-state index in [-0.39, 0.29) is 45.3 Å². The van der Waals surface area contributed by atoms with Gasteiger partial charge >= 0.3 is 0 Å². The molecule has 3 saturated heterocycles. The Morgan fingerprint density at radius 2 is 0.926 bits per heavy atom. The highest BCUT2D eigenvalue weighted by Crippen LogP contribution is 2.26. The minimum absolute atomic E-state index is 0.00961. The van der Waals surface area contributed by atoms with E-state index >= 15 is 0 Å². The second-order valence-electron chi connectivity index (χ2n) is 17.5. The van der Waals surface area contributed by atoms with E-state index in [1.807, 2.05) is 18.2 Å². The van der Waals surface area contributed by atoms with E-state index in [0.29, 0.717) is 42.5 Å². The molecule has 0 unspecified atom stereocenters. The first kappa shape index (κ1) is 48.5. The molecule has 3 aliphatic rings. The molecule has 8 atom stereocenters. The highest BCUT2D eigenvalue weighted by atomic mass is 16.2. The summed E-state index contributed by atoms with van der Waals surface area (Å²) in [5, 5.41) is 16.5. The number of nitrogens with one attached hydrogen (secondary N) is 7. The Bertz CT molecular complexity index is 2410. The van der Waals surface area contributed by atoms with Crippen LogP contribution in [-0.4, -0.2) is 135 Å². The molecule has 0 bridgehead atoms.